The molecule has 0 unspecified atom stereocenters. The van der Waals surface area contributed by atoms with Crippen molar-refractivity contribution in [3.05, 3.63) is 17.6 Å². The number of carbonyl (C=O) groups excluding carboxylic acids is 1. The zero-order chi connectivity index (χ0) is 13.3. The van der Waals surface area contributed by atoms with Crippen molar-refractivity contribution < 1.29 is 14.1 Å². The van der Waals surface area contributed by atoms with E-state index in [1.165, 1.54) is 11.3 Å². The van der Waals surface area contributed by atoms with Crippen molar-refractivity contribution >= 4 is 17.3 Å². The molecule has 6 nitrogen and oxygen atoms in total. The maximum atomic E-state index is 12.1. The second-order valence-electron chi connectivity index (χ2n) is 4.44. The van der Waals surface area contributed by atoms with Crippen LogP contribution in [0.15, 0.2) is 16.2 Å². The van der Waals surface area contributed by atoms with Gasteiger partial charge in [-0.1, -0.05) is 11.6 Å². The second-order valence-corrected chi connectivity index (χ2v) is 5.33. The van der Waals surface area contributed by atoms with Crippen molar-refractivity contribution in [1.29, 1.82) is 0 Å². The number of carbonyl (C=O) groups is 1. The smallest absolute Gasteiger partial charge is 0.321 e. The van der Waals surface area contributed by atoms with E-state index >= 15 is 0 Å². The van der Waals surface area contributed by atoms with E-state index in [0.29, 0.717) is 31.2 Å². The van der Waals surface area contributed by atoms with Gasteiger partial charge in [-0.15, -0.1) is 11.3 Å². The number of thiazole rings is 1. The molecule has 100 valence electrons. The third-order valence-corrected chi connectivity index (χ3v) is 4.13. The number of ether oxygens (including phenoxy) is 1. The molecule has 3 rings (SSSR count). The van der Waals surface area contributed by atoms with Crippen LogP contribution in [0.2, 0.25) is 0 Å². The summed E-state index contributed by atoms with van der Waals surface area (Å²) in [6.45, 7) is 2.15. The first-order valence-electron chi connectivity index (χ1n) is 6.16. The van der Waals surface area contributed by atoms with Crippen LogP contribution in [0.3, 0.4) is 0 Å². The lowest BCUT2D eigenvalue weighted by atomic mass is 9.68. The van der Waals surface area contributed by atoms with Crippen LogP contribution in [0, 0.1) is 0 Å². The molecular weight excluding hydrogens is 266 g/mol. The first-order valence-corrected chi connectivity index (χ1v) is 7.04. The lowest BCUT2D eigenvalue weighted by molar-refractivity contribution is -0.155. The summed E-state index contributed by atoms with van der Waals surface area (Å²) in [6, 6.07) is 0. The third kappa shape index (κ3) is 1.94. The summed E-state index contributed by atoms with van der Waals surface area (Å²) >= 11 is 1.43. The molecule has 1 aliphatic rings. The molecule has 0 saturated heterocycles. The Morgan fingerprint density at radius 1 is 1.58 bits per heavy atom. The minimum absolute atomic E-state index is 0.263. The highest BCUT2D eigenvalue weighted by Crippen LogP contribution is 2.44. The number of rotatable bonds is 4. The van der Waals surface area contributed by atoms with Gasteiger partial charge in [-0.2, -0.15) is 4.98 Å². The van der Waals surface area contributed by atoms with Gasteiger partial charge in [0.15, 0.2) is 0 Å². The molecule has 1 aliphatic carbocycles. The van der Waals surface area contributed by atoms with E-state index in [4.69, 9.17) is 9.26 Å². The highest BCUT2D eigenvalue weighted by Gasteiger charge is 2.52. The molecule has 2 aromatic heterocycles. The Morgan fingerprint density at radius 2 is 2.42 bits per heavy atom. The first kappa shape index (κ1) is 12.3. The van der Waals surface area contributed by atoms with Crippen LogP contribution < -0.4 is 0 Å². The van der Waals surface area contributed by atoms with Gasteiger partial charge < -0.3 is 9.26 Å². The summed E-state index contributed by atoms with van der Waals surface area (Å²) in [7, 11) is 0. The molecule has 7 heteroatoms. The average Bonchev–Trinajstić information content (AvgIpc) is 2.97. The first-order chi connectivity index (χ1) is 9.26. The normalized spacial score (nSPS) is 16.9. The molecule has 1 fully saturated rings. The molecule has 2 aromatic rings. The Bertz CT molecular complexity index is 575. The van der Waals surface area contributed by atoms with E-state index in [9.17, 15) is 4.79 Å². The van der Waals surface area contributed by atoms with Crippen molar-refractivity contribution in [3.63, 3.8) is 0 Å². The average molecular weight is 279 g/mol. The molecule has 19 heavy (non-hydrogen) atoms. The van der Waals surface area contributed by atoms with E-state index in [1.54, 1.807) is 18.6 Å². The van der Waals surface area contributed by atoms with Crippen molar-refractivity contribution in [1.82, 2.24) is 15.1 Å². The lowest BCUT2D eigenvalue weighted by Crippen LogP contribution is -2.44. The molecule has 0 amide bonds. The molecule has 0 N–H and O–H groups in total. The summed E-state index contributed by atoms with van der Waals surface area (Å²) in [4.78, 5) is 21.2. The van der Waals surface area contributed by atoms with Gasteiger partial charge in [0.25, 0.3) is 0 Å². The fourth-order valence-corrected chi connectivity index (χ4v) is 2.69. The summed E-state index contributed by atoms with van der Waals surface area (Å²) in [5.74, 6) is 0.578. The maximum Gasteiger partial charge on any atom is 0.321 e. The Hall–Kier alpha value is -1.76. The van der Waals surface area contributed by atoms with Gasteiger partial charge in [0, 0.05) is 6.20 Å². The minimum Gasteiger partial charge on any atom is -0.465 e. The van der Waals surface area contributed by atoms with E-state index in [-0.39, 0.29) is 5.97 Å². The molecule has 0 spiro atoms. The summed E-state index contributed by atoms with van der Waals surface area (Å²) in [5.41, 5.74) is 0.974. The fraction of sp³-hybridized carbons (Fsp3) is 0.500. The zero-order valence-electron chi connectivity index (χ0n) is 10.5. The van der Waals surface area contributed by atoms with E-state index in [0.717, 1.165) is 11.3 Å². The van der Waals surface area contributed by atoms with Gasteiger partial charge >= 0.3 is 5.97 Å². The van der Waals surface area contributed by atoms with Crippen LogP contribution >= 0.6 is 11.3 Å². The Kier molecular flexibility index (Phi) is 3.06. The molecular formula is C12H13N3O3S. The monoisotopic (exact) mass is 279 g/mol. The summed E-state index contributed by atoms with van der Waals surface area (Å²) in [5, 5.41) is 3.93. The topological polar surface area (TPSA) is 78.1 Å². The van der Waals surface area contributed by atoms with Crippen LogP contribution in [-0.4, -0.2) is 27.7 Å². The van der Waals surface area contributed by atoms with Gasteiger partial charge in [0.2, 0.25) is 11.7 Å². The van der Waals surface area contributed by atoms with Crippen molar-refractivity contribution in [3.8, 4) is 10.7 Å². The number of hydrogen-bond acceptors (Lipinski definition) is 7. The van der Waals surface area contributed by atoms with E-state index < -0.39 is 5.41 Å². The predicted octanol–water partition coefficient (Wildman–Crippen LogP) is 2.18. The van der Waals surface area contributed by atoms with Crippen molar-refractivity contribution in [2.75, 3.05) is 6.61 Å². The number of hydrogen-bond donors (Lipinski definition) is 0. The fourth-order valence-electron chi connectivity index (χ4n) is 2.15. The largest absolute Gasteiger partial charge is 0.465 e. The summed E-state index contributed by atoms with van der Waals surface area (Å²) < 4.78 is 10.4. The minimum atomic E-state index is -0.730. The van der Waals surface area contributed by atoms with Gasteiger partial charge in [-0.05, 0) is 19.8 Å². The van der Waals surface area contributed by atoms with Gasteiger partial charge in [0.1, 0.15) is 5.41 Å². The molecule has 0 bridgehead atoms. The van der Waals surface area contributed by atoms with Crippen LogP contribution in [0.1, 0.15) is 32.1 Å². The Balaban J connectivity index is 1.91. The zero-order valence-corrected chi connectivity index (χ0v) is 11.3. The maximum absolute atomic E-state index is 12.1. The highest BCUT2D eigenvalue weighted by atomic mass is 32.1. The lowest BCUT2D eigenvalue weighted by Gasteiger charge is -2.35. The van der Waals surface area contributed by atoms with Gasteiger partial charge in [-0.3, -0.25) is 9.78 Å². The molecule has 0 atom stereocenters. The Morgan fingerprint density at radius 3 is 3.00 bits per heavy atom. The molecule has 0 aliphatic heterocycles. The van der Waals surface area contributed by atoms with Crippen LogP contribution in [0.5, 0.6) is 0 Å². The Labute approximate surface area is 113 Å². The van der Waals surface area contributed by atoms with Crippen LogP contribution in [0.4, 0.5) is 0 Å². The van der Waals surface area contributed by atoms with Crippen LogP contribution in [-0.2, 0) is 14.9 Å². The number of esters is 1. The second kappa shape index (κ2) is 4.73. The van der Waals surface area contributed by atoms with Crippen molar-refractivity contribution in [2.24, 2.45) is 0 Å². The number of aromatic nitrogens is 3. The molecule has 0 radical (unpaired) electrons. The molecule has 2 heterocycles. The predicted molar refractivity (Wildman–Crippen MR) is 67.6 cm³/mol. The SMILES string of the molecule is CCOC(=O)C1(c2nc(-c3cncs3)no2)CCC1. The standard InChI is InChI=1S/C12H13N3O3S/c1-2-17-11(16)12(4-3-5-12)10-14-9(15-18-10)8-6-13-7-19-8/h6-7H,2-5H2,1H3. The van der Waals surface area contributed by atoms with Crippen LogP contribution in [0.25, 0.3) is 10.7 Å². The quantitative estimate of drug-likeness (QED) is 0.798. The summed E-state index contributed by atoms with van der Waals surface area (Å²) in [6.07, 6.45) is 4.06. The third-order valence-electron chi connectivity index (χ3n) is 3.36. The van der Waals surface area contributed by atoms with E-state index in [1.807, 2.05) is 0 Å². The van der Waals surface area contributed by atoms with E-state index in [2.05, 4.69) is 15.1 Å². The van der Waals surface area contributed by atoms with Gasteiger partial charge in [0.05, 0.1) is 17.0 Å². The molecule has 1 saturated carbocycles. The van der Waals surface area contributed by atoms with Crippen molar-refractivity contribution in [2.45, 2.75) is 31.6 Å². The molecule has 0 aromatic carbocycles. The number of nitrogens with zero attached hydrogens (tertiary/aromatic N) is 3. The van der Waals surface area contributed by atoms with Gasteiger partial charge in [-0.25, -0.2) is 0 Å². The highest BCUT2D eigenvalue weighted by molar-refractivity contribution is 7.13.